The molecular formula is C8H11ClPd. The fourth-order valence-electron chi connectivity index (χ4n) is 0.895. The molecule has 60 valence electrons. The number of hydrogen-bond donors (Lipinski definition) is 0. The Kier molecular flexibility index (Phi) is 6.43. The molecule has 0 amide bonds. The molecule has 1 aliphatic carbocycles. The van der Waals surface area contributed by atoms with Crippen molar-refractivity contribution >= 4 is 11.6 Å². The first-order chi connectivity index (χ1) is 4.39. The van der Waals surface area contributed by atoms with E-state index in [1.54, 1.807) is 0 Å². The fraction of sp³-hybridized carbons (Fsp3) is 0.500. The monoisotopic (exact) mass is 248 g/mol. The van der Waals surface area contributed by atoms with E-state index in [4.69, 9.17) is 11.6 Å². The third-order valence-corrected chi connectivity index (χ3v) is 1.76. The molecule has 0 N–H and O–H groups in total. The average Bonchev–Trinajstić information content (AvgIpc) is 1.79. The quantitative estimate of drug-likeness (QED) is 0.456. The van der Waals surface area contributed by atoms with E-state index in [0.29, 0.717) is 0 Å². The van der Waals surface area contributed by atoms with E-state index in [9.17, 15) is 0 Å². The van der Waals surface area contributed by atoms with Gasteiger partial charge in [0, 0.05) is 25.5 Å². The summed E-state index contributed by atoms with van der Waals surface area (Å²) in [5.74, 6) is 0. The van der Waals surface area contributed by atoms with Crippen LogP contribution in [0, 0.1) is 0 Å². The zero-order valence-electron chi connectivity index (χ0n) is 5.75. The van der Waals surface area contributed by atoms with Gasteiger partial charge in [-0.15, -0.1) is 0 Å². The molecule has 1 aliphatic rings. The predicted molar refractivity (Wildman–Crippen MR) is 41.5 cm³/mol. The third kappa shape index (κ3) is 4.28. The van der Waals surface area contributed by atoms with Gasteiger partial charge in [0.05, 0.1) is 0 Å². The SMILES string of the molecule is ClC1=CCCC=CCC1.[Pd]. The second-order valence-electron chi connectivity index (χ2n) is 2.24. The van der Waals surface area contributed by atoms with Crippen LogP contribution in [-0.2, 0) is 20.4 Å². The van der Waals surface area contributed by atoms with Crippen LogP contribution < -0.4 is 0 Å². The molecule has 0 atom stereocenters. The first-order valence-electron chi connectivity index (χ1n) is 3.39. The summed E-state index contributed by atoms with van der Waals surface area (Å²) in [7, 11) is 0. The summed E-state index contributed by atoms with van der Waals surface area (Å²) in [6.45, 7) is 0. The van der Waals surface area contributed by atoms with Crippen molar-refractivity contribution < 1.29 is 20.4 Å². The minimum atomic E-state index is 0. The standard InChI is InChI=1S/C8H11Cl.Pd/c9-8-6-4-2-1-3-5-7-8;/h1-2,7H,3-6H2;. The van der Waals surface area contributed by atoms with Crippen LogP contribution >= 0.6 is 11.6 Å². The Hall–Kier alpha value is 0.432. The molecule has 0 heterocycles. The van der Waals surface area contributed by atoms with Crippen molar-refractivity contribution in [2.24, 2.45) is 0 Å². The Morgan fingerprint density at radius 3 is 2.60 bits per heavy atom. The maximum atomic E-state index is 5.82. The Morgan fingerprint density at radius 2 is 1.80 bits per heavy atom. The van der Waals surface area contributed by atoms with Gasteiger partial charge < -0.3 is 0 Å². The predicted octanol–water partition coefficient (Wildman–Crippen LogP) is 3.24. The molecule has 0 aromatic heterocycles. The van der Waals surface area contributed by atoms with E-state index < -0.39 is 0 Å². The Labute approximate surface area is 81.0 Å². The Balaban J connectivity index is 0.000000810. The first kappa shape index (κ1) is 10.4. The topological polar surface area (TPSA) is 0 Å². The minimum absolute atomic E-state index is 0. The van der Waals surface area contributed by atoms with Crippen LogP contribution in [0.2, 0.25) is 0 Å². The van der Waals surface area contributed by atoms with Crippen LogP contribution in [0.3, 0.4) is 0 Å². The molecular weight excluding hydrogens is 238 g/mol. The van der Waals surface area contributed by atoms with Crippen LogP contribution in [0.15, 0.2) is 23.3 Å². The molecule has 0 radical (unpaired) electrons. The van der Waals surface area contributed by atoms with E-state index in [2.05, 4.69) is 18.2 Å². The molecule has 0 aliphatic heterocycles. The van der Waals surface area contributed by atoms with Crippen molar-refractivity contribution in [2.45, 2.75) is 25.7 Å². The van der Waals surface area contributed by atoms with E-state index in [1.807, 2.05) is 0 Å². The van der Waals surface area contributed by atoms with Gasteiger partial charge in [0.25, 0.3) is 0 Å². The van der Waals surface area contributed by atoms with Gasteiger partial charge in [-0.05, 0) is 25.7 Å². The number of halogens is 1. The summed E-state index contributed by atoms with van der Waals surface area (Å²) in [6.07, 6.45) is 10.9. The molecule has 0 aromatic rings. The molecule has 0 bridgehead atoms. The second kappa shape index (κ2) is 6.16. The number of allylic oxidation sites excluding steroid dienone is 4. The number of rotatable bonds is 0. The largest absolute Gasteiger partial charge is 0.0895 e. The Morgan fingerprint density at radius 1 is 1.10 bits per heavy atom. The maximum Gasteiger partial charge on any atom is 0.0144 e. The van der Waals surface area contributed by atoms with Gasteiger partial charge in [-0.25, -0.2) is 0 Å². The molecule has 0 fully saturated rings. The summed E-state index contributed by atoms with van der Waals surface area (Å²) >= 11 is 5.82. The average molecular weight is 249 g/mol. The molecule has 0 unspecified atom stereocenters. The molecule has 0 nitrogen and oxygen atoms in total. The summed E-state index contributed by atoms with van der Waals surface area (Å²) in [5, 5.41) is 1.03. The molecule has 0 saturated heterocycles. The number of hydrogen-bond acceptors (Lipinski definition) is 0. The first-order valence-corrected chi connectivity index (χ1v) is 3.77. The van der Waals surface area contributed by atoms with Gasteiger partial charge >= 0.3 is 0 Å². The maximum absolute atomic E-state index is 5.82. The second-order valence-corrected chi connectivity index (χ2v) is 2.72. The van der Waals surface area contributed by atoms with Gasteiger partial charge in [0.15, 0.2) is 0 Å². The van der Waals surface area contributed by atoms with Crippen molar-refractivity contribution in [3.05, 3.63) is 23.3 Å². The van der Waals surface area contributed by atoms with Crippen molar-refractivity contribution in [1.82, 2.24) is 0 Å². The van der Waals surface area contributed by atoms with E-state index in [1.165, 1.54) is 0 Å². The summed E-state index contributed by atoms with van der Waals surface area (Å²) < 4.78 is 0. The van der Waals surface area contributed by atoms with E-state index in [0.717, 1.165) is 30.7 Å². The molecule has 10 heavy (non-hydrogen) atoms. The smallest absolute Gasteiger partial charge is 0.0144 e. The summed E-state index contributed by atoms with van der Waals surface area (Å²) in [4.78, 5) is 0. The van der Waals surface area contributed by atoms with Crippen LogP contribution in [0.4, 0.5) is 0 Å². The van der Waals surface area contributed by atoms with Gasteiger partial charge in [-0.1, -0.05) is 29.8 Å². The van der Waals surface area contributed by atoms with Crippen molar-refractivity contribution in [2.75, 3.05) is 0 Å². The van der Waals surface area contributed by atoms with Crippen molar-refractivity contribution in [3.63, 3.8) is 0 Å². The van der Waals surface area contributed by atoms with Crippen molar-refractivity contribution in [3.8, 4) is 0 Å². The molecule has 0 spiro atoms. The van der Waals surface area contributed by atoms with Crippen LogP contribution in [0.1, 0.15) is 25.7 Å². The van der Waals surface area contributed by atoms with Gasteiger partial charge in [-0.3, -0.25) is 0 Å². The fourth-order valence-corrected chi connectivity index (χ4v) is 1.11. The summed E-state index contributed by atoms with van der Waals surface area (Å²) in [6, 6.07) is 0. The zero-order valence-corrected chi connectivity index (χ0v) is 8.07. The van der Waals surface area contributed by atoms with Crippen LogP contribution in [0.5, 0.6) is 0 Å². The van der Waals surface area contributed by atoms with Crippen LogP contribution in [-0.4, -0.2) is 0 Å². The molecule has 0 aromatic carbocycles. The molecule has 1 rings (SSSR count). The van der Waals surface area contributed by atoms with Crippen LogP contribution in [0.25, 0.3) is 0 Å². The van der Waals surface area contributed by atoms with Crippen molar-refractivity contribution in [1.29, 1.82) is 0 Å². The summed E-state index contributed by atoms with van der Waals surface area (Å²) in [5.41, 5.74) is 0. The van der Waals surface area contributed by atoms with Gasteiger partial charge in [0.2, 0.25) is 0 Å². The van der Waals surface area contributed by atoms with E-state index >= 15 is 0 Å². The zero-order chi connectivity index (χ0) is 6.53. The van der Waals surface area contributed by atoms with E-state index in [-0.39, 0.29) is 20.4 Å². The normalized spacial score (nSPS) is 18.3. The Bertz CT molecular complexity index is 138. The third-order valence-electron chi connectivity index (χ3n) is 1.42. The minimum Gasteiger partial charge on any atom is -0.0895 e. The molecule has 0 saturated carbocycles. The molecule has 2 heteroatoms. The van der Waals surface area contributed by atoms with Gasteiger partial charge in [-0.2, -0.15) is 0 Å². The van der Waals surface area contributed by atoms with Gasteiger partial charge in [0.1, 0.15) is 0 Å².